The molecule has 2 rings (SSSR count). The van der Waals surface area contributed by atoms with Gasteiger partial charge < -0.3 is 9.84 Å². The summed E-state index contributed by atoms with van der Waals surface area (Å²) in [6.45, 7) is 2.95. The predicted octanol–water partition coefficient (Wildman–Crippen LogP) is 1.81. The molecule has 6 nitrogen and oxygen atoms in total. The SMILES string of the molecule is COc1ccc(S(=O)(=O)N2CCCC(C)C2)cc1C(=O)O. The fourth-order valence-corrected chi connectivity index (χ4v) is 4.15. The lowest BCUT2D eigenvalue weighted by Gasteiger charge is -2.30. The van der Waals surface area contributed by atoms with Crippen LogP contribution in [0, 0.1) is 5.92 Å². The second-order valence-corrected chi connectivity index (χ2v) is 7.22. The molecule has 1 unspecified atom stereocenters. The summed E-state index contributed by atoms with van der Waals surface area (Å²) in [6.07, 6.45) is 1.83. The zero-order valence-electron chi connectivity index (χ0n) is 12.1. The van der Waals surface area contributed by atoms with Crippen molar-refractivity contribution in [3.05, 3.63) is 23.8 Å². The van der Waals surface area contributed by atoms with Crippen LogP contribution in [0.15, 0.2) is 23.1 Å². The van der Waals surface area contributed by atoms with E-state index in [0.717, 1.165) is 18.9 Å². The van der Waals surface area contributed by atoms with Crippen LogP contribution < -0.4 is 4.74 Å². The molecule has 0 amide bonds. The largest absolute Gasteiger partial charge is 0.496 e. The highest BCUT2D eigenvalue weighted by molar-refractivity contribution is 7.89. The molecule has 1 fully saturated rings. The third-order valence-electron chi connectivity index (χ3n) is 3.66. The smallest absolute Gasteiger partial charge is 0.339 e. The molecule has 1 heterocycles. The Labute approximate surface area is 124 Å². The van der Waals surface area contributed by atoms with Gasteiger partial charge in [-0.2, -0.15) is 4.31 Å². The third kappa shape index (κ3) is 3.19. The lowest BCUT2D eigenvalue weighted by Crippen LogP contribution is -2.39. The molecule has 0 aromatic heterocycles. The second-order valence-electron chi connectivity index (χ2n) is 5.28. The van der Waals surface area contributed by atoms with E-state index < -0.39 is 16.0 Å². The molecule has 1 aliphatic heterocycles. The number of hydrogen-bond acceptors (Lipinski definition) is 4. The first-order chi connectivity index (χ1) is 9.86. The molecular formula is C14H19NO5S. The van der Waals surface area contributed by atoms with Crippen molar-refractivity contribution in [1.29, 1.82) is 0 Å². The van der Waals surface area contributed by atoms with E-state index in [0.29, 0.717) is 19.0 Å². The topological polar surface area (TPSA) is 83.9 Å². The Balaban J connectivity index is 2.40. The van der Waals surface area contributed by atoms with E-state index in [1.54, 1.807) is 0 Å². The molecule has 1 aromatic rings. The summed E-state index contributed by atoms with van der Waals surface area (Å²) in [5.74, 6) is -0.755. The number of sulfonamides is 1. The summed E-state index contributed by atoms with van der Waals surface area (Å²) in [5, 5.41) is 9.15. The number of hydrogen-bond donors (Lipinski definition) is 1. The summed E-state index contributed by atoms with van der Waals surface area (Å²) < 4.78 is 31.6. The first-order valence-electron chi connectivity index (χ1n) is 6.77. The van der Waals surface area contributed by atoms with Gasteiger partial charge in [0.25, 0.3) is 0 Å². The van der Waals surface area contributed by atoms with Crippen LogP contribution in [0.4, 0.5) is 0 Å². The second kappa shape index (κ2) is 6.03. The number of methoxy groups -OCH3 is 1. The van der Waals surface area contributed by atoms with Gasteiger partial charge in [0.15, 0.2) is 0 Å². The van der Waals surface area contributed by atoms with Gasteiger partial charge >= 0.3 is 5.97 Å². The van der Waals surface area contributed by atoms with Crippen LogP contribution in [0.3, 0.4) is 0 Å². The average Bonchev–Trinajstić information content (AvgIpc) is 2.46. The molecule has 116 valence electrons. The Hall–Kier alpha value is -1.60. The molecule has 0 spiro atoms. The van der Waals surface area contributed by atoms with Crippen LogP contribution in [0.25, 0.3) is 0 Å². The lowest BCUT2D eigenvalue weighted by atomic mass is 10.0. The number of rotatable bonds is 4. The number of benzene rings is 1. The summed E-state index contributed by atoms with van der Waals surface area (Å²) in [5.41, 5.74) is -0.149. The average molecular weight is 313 g/mol. The van der Waals surface area contributed by atoms with Gasteiger partial charge in [0, 0.05) is 13.1 Å². The van der Waals surface area contributed by atoms with Crippen molar-refractivity contribution in [3.63, 3.8) is 0 Å². The Morgan fingerprint density at radius 3 is 2.71 bits per heavy atom. The van der Waals surface area contributed by atoms with Crippen LogP contribution in [0.2, 0.25) is 0 Å². The van der Waals surface area contributed by atoms with Gasteiger partial charge in [-0.25, -0.2) is 13.2 Å². The van der Waals surface area contributed by atoms with E-state index >= 15 is 0 Å². The van der Waals surface area contributed by atoms with Gasteiger partial charge in [0.1, 0.15) is 11.3 Å². The highest BCUT2D eigenvalue weighted by Crippen LogP contribution is 2.27. The highest BCUT2D eigenvalue weighted by atomic mass is 32.2. The molecule has 1 aliphatic rings. The number of carboxylic acids is 1. The fourth-order valence-electron chi connectivity index (χ4n) is 2.53. The molecule has 0 aliphatic carbocycles. The maximum absolute atomic E-state index is 12.6. The molecule has 1 N–H and O–H groups in total. The van der Waals surface area contributed by atoms with E-state index in [9.17, 15) is 13.2 Å². The number of nitrogens with zero attached hydrogens (tertiary/aromatic N) is 1. The van der Waals surface area contributed by atoms with Gasteiger partial charge in [-0.3, -0.25) is 0 Å². The summed E-state index contributed by atoms with van der Waals surface area (Å²) in [4.78, 5) is 11.2. The Morgan fingerprint density at radius 1 is 1.43 bits per heavy atom. The quantitative estimate of drug-likeness (QED) is 0.916. The van der Waals surface area contributed by atoms with Crippen LogP contribution in [0.5, 0.6) is 5.75 Å². The first kappa shape index (κ1) is 15.8. The summed E-state index contributed by atoms with van der Waals surface area (Å²) in [6, 6.07) is 3.93. The van der Waals surface area contributed by atoms with Gasteiger partial charge in [-0.15, -0.1) is 0 Å². The number of piperidine rings is 1. The van der Waals surface area contributed by atoms with E-state index in [-0.39, 0.29) is 16.2 Å². The minimum atomic E-state index is -3.66. The van der Waals surface area contributed by atoms with Crippen LogP contribution in [-0.2, 0) is 10.0 Å². The Bertz CT molecular complexity index is 641. The minimum Gasteiger partial charge on any atom is -0.496 e. The maximum atomic E-state index is 12.6. The van der Waals surface area contributed by atoms with Crippen LogP contribution >= 0.6 is 0 Å². The van der Waals surface area contributed by atoms with Gasteiger partial charge in [0.2, 0.25) is 10.0 Å². The fraction of sp³-hybridized carbons (Fsp3) is 0.500. The lowest BCUT2D eigenvalue weighted by molar-refractivity contribution is 0.0693. The van der Waals surface area contributed by atoms with Crippen molar-refractivity contribution in [3.8, 4) is 5.75 Å². The molecule has 0 radical (unpaired) electrons. The van der Waals surface area contributed by atoms with E-state index in [1.165, 1.54) is 23.5 Å². The van der Waals surface area contributed by atoms with Crippen molar-refractivity contribution >= 4 is 16.0 Å². The number of aromatic carboxylic acids is 1. The number of ether oxygens (including phenoxy) is 1. The summed E-state index contributed by atoms with van der Waals surface area (Å²) >= 11 is 0. The third-order valence-corrected chi connectivity index (χ3v) is 5.52. The number of carboxylic acid groups (broad SMARTS) is 1. The number of carbonyl (C=O) groups is 1. The standard InChI is InChI=1S/C14H19NO5S/c1-10-4-3-7-15(9-10)21(18,19)11-5-6-13(20-2)12(8-11)14(16)17/h5-6,8,10H,3-4,7,9H2,1-2H3,(H,16,17). The van der Waals surface area contributed by atoms with Crippen molar-refractivity contribution in [2.24, 2.45) is 5.92 Å². The van der Waals surface area contributed by atoms with Crippen LogP contribution in [-0.4, -0.2) is 44.0 Å². The Morgan fingerprint density at radius 2 is 2.14 bits per heavy atom. The maximum Gasteiger partial charge on any atom is 0.339 e. The molecule has 0 saturated carbocycles. The zero-order valence-corrected chi connectivity index (χ0v) is 12.9. The van der Waals surface area contributed by atoms with E-state index in [4.69, 9.17) is 9.84 Å². The molecule has 7 heteroatoms. The molecule has 0 bridgehead atoms. The van der Waals surface area contributed by atoms with Gasteiger partial charge in [0.05, 0.1) is 12.0 Å². The molecule has 1 atom stereocenters. The normalized spacial score (nSPS) is 20.2. The summed E-state index contributed by atoms with van der Waals surface area (Å²) in [7, 11) is -2.31. The van der Waals surface area contributed by atoms with Crippen molar-refractivity contribution in [1.82, 2.24) is 4.31 Å². The molecular weight excluding hydrogens is 294 g/mol. The van der Waals surface area contributed by atoms with E-state index in [1.807, 2.05) is 6.92 Å². The van der Waals surface area contributed by atoms with Crippen LogP contribution in [0.1, 0.15) is 30.1 Å². The predicted molar refractivity (Wildman–Crippen MR) is 77.1 cm³/mol. The molecule has 21 heavy (non-hydrogen) atoms. The van der Waals surface area contributed by atoms with Gasteiger partial charge in [-0.05, 0) is 37.0 Å². The first-order valence-corrected chi connectivity index (χ1v) is 8.21. The van der Waals surface area contributed by atoms with E-state index in [2.05, 4.69) is 0 Å². The minimum absolute atomic E-state index is 0.00481. The Kier molecular flexibility index (Phi) is 4.53. The van der Waals surface area contributed by atoms with Crippen molar-refractivity contribution in [2.75, 3.05) is 20.2 Å². The monoisotopic (exact) mass is 313 g/mol. The van der Waals surface area contributed by atoms with Crippen molar-refractivity contribution in [2.45, 2.75) is 24.7 Å². The molecule has 1 saturated heterocycles. The van der Waals surface area contributed by atoms with Crippen molar-refractivity contribution < 1.29 is 23.1 Å². The highest BCUT2D eigenvalue weighted by Gasteiger charge is 2.29. The van der Waals surface area contributed by atoms with Gasteiger partial charge in [-0.1, -0.05) is 6.92 Å². The molecule has 1 aromatic carbocycles. The zero-order chi connectivity index (χ0) is 15.6.